The van der Waals surface area contributed by atoms with Gasteiger partial charge in [0.1, 0.15) is 0 Å². The molecule has 2 aliphatic rings. The van der Waals surface area contributed by atoms with E-state index in [0.717, 1.165) is 50.9 Å². The first-order valence-corrected chi connectivity index (χ1v) is 8.09. The molecule has 0 spiro atoms. The zero-order valence-corrected chi connectivity index (χ0v) is 12.7. The van der Waals surface area contributed by atoms with Crippen molar-refractivity contribution >= 4 is 5.91 Å². The first-order chi connectivity index (χ1) is 10.2. The SMILES string of the molecule is C[C@H]1C[C@H](NC(=O)c2ccc3c(c2)CCNCC3)CCN1. The molecular weight excluding hydrogens is 262 g/mol. The van der Waals surface area contributed by atoms with Crippen molar-refractivity contribution < 1.29 is 4.79 Å². The molecule has 1 amide bonds. The van der Waals surface area contributed by atoms with Gasteiger partial charge in [-0.3, -0.25) is 4.79 Å². The highest BCUT2D eigenvalue weighted by Gasteiger charge is 2.21. The number of rotatable bonds is 2. The fourth-order valence-corrected chi connectivity index (χ4v) is 3.35. The largest absolute Gasteiger partial charge is 0.349 e. The number of fused-ring (bicyclic) bond motifs is 1. The van der Waals surface area contributed by atoms with Crippen LogP contribution in [0.3, 0.4) is 0 Å². The van der Waals surface area contributed by atoms with Crippen molar-refractivity contribution in [2.24, 2.45) is 0 Å². The standard InChI is InChI=1S/C17H25N3O/c1-12-10-16(6-9-19-12)20-17(21)15-3-2-13-4-7-18-8-5-14(13)11-15/h2-3,11-12,16,18-19H,4-10H2,1H3,(H,20,21)/t12-,16+/m0/s1. The van der Waals surface area contributed by atoms with Crippen molar-refractivity contribution in [1.82, 2.24) is 16.0 Å². The van der Waals surface area contributed by atoms with E-state index < -0.39 is 0 Å². The van der Waals surface area contributed by atoms with Gasteiger partial charge in [-0.25, -0.2) is 0 Å². The van der Waals surface area contributed by atoms with Gasteiger partial charge in [0.25, 0.3) is 5.91 Å². The lowest BCUT2D eigenvalue weighted by atomic mass is 9.98. The minimum atomic E-state index is 0.0779. The van der Waals surface area contributed by atoms with Crippen molar-refractivity contribution in [3.8, 4) is 0 Å². The smallest absolute Gasteiger partial charge is 0.251 e. The summed E-state index contributed by atoms with van der Waals surface area (Å²) < 4.78 is 0. The Kier molecular flexibility index (Phi) is 4.56. The van der Waals surface area contributed by atoms with Crippen molar-refractivity contribution in [3.63, 3.8) is 0 Å². The van der Waals surface area contributed by atoms with E-state index in [-0.39, 0.29) is 5.91 Å². The lowest BCUT2D eigenvalue weighted by molar-refractivity contribution is 0.0925. The molecule has 3 rings (SSSR count). The normalized spacial score (nSPS) is 25.8. The van der Waals surface area contributed by atoms with Crippen LogP contribution in [0.2, 0.25) is 0 Å². The summed E-state index contributed by atoms with van der Waals surface area (Å²) in [6.07, 6.45) is 4.11. The molecule has 3 N–H and O–H groups in total. The number of piperidine rings is 1. The summed E-state index contributed by atoms with van der Waals surface area (Å²) >= 11 is 0. The summed E-state index contributed by atoms with van der Waals surface area (Å²) in [5.41, 5.74) is 3.51. The lowest BCUT2D eigenvalue weighted by Gasteiger charge is -2.28. The number of hydrogen-bond acceptors (Lipinski definition) is 3. The van der Waals surface area contributed by atoms with Crippen LogP contribution < -0.4 is 16.0 Å². The number of benzene rings is 1. The molecule has 1 fully saturated rings. The molecule has 2 atom stereocenters. The van der Waals surface area contributed by atoms with Crippen LogP contribution in [0.15, 0.2) is 18.2 Å². The fraction of sp³-hybridized carbons (Fsp3) is 0.588. The van der Waals surface area contributed by atoms with Gasteiger partial charge in [-0.2, -0.15) is 0 Å². The molecule has 1 saturated heterocycles. The average Bonchev–Trinajstić information content (AvgIpc) is 2.71. The molecule has 1 aromatic carbocycles. The Hall–Kier alpha value is -1.39. The van der Waals surface area contributed by atoms with Crippen LogP contribution in [0.1, 0.15) is 41.3 Å². The fourth-order valence-electron chi connectivity index (χ4n) is 3.35. The zero-order valence-electron chi connectivity index (χ0n) is 12.7. The molecule has 0 radical (unpaired) electrons. The monoisotopic (exact) mass is 287 g/mol. The molecule has 1 aromatic rings. The average molecular weight is 287 g/mol. The van der Waals surface area contributed by atoms with Crippen molar-refractivity contribution in [2.45, 2.75) is 44.7 Å². The van der Waals surface area contributed by atoms with E-state index in [4.69, 9.17) is 0 Å². The van der Waals surface area contributed by atoms with Gasteiger partial charge in [-0.05, 0) is 75.5 Å². The third-order valence-electron chi connectivity index (χ3n) is 4.57. The number of carbonyl (C=O) groups excluding carboxylic acids is 1. The maximum Gasteiger partial charge on any atom is 0.251 e. The third-order valence-corrected chi connectivity index (χ3v) is 4.57. The van der Waals surface area contributed by atoms with Crippen LogP contribution >= 0.6 is 0 Å². The predicted molar refractivity (Wildman–Crippen MR) is 84.7 cm³/mol. The first kappa shape index (κ1) is 14.5. The molecule has 0 saturated carbocycles. The van der Waals surface area contributed by atoms with Gasteiger partial charge < -0.3 is 16.0 Å². The van der Waals surface area contributed by atoms with Gasteiger partial charge in [-0.1, -0.05) is 6.07 Å². The minimum Gasteiger partial charge on any atom is -0.349 e. The Morgan fingerprint density at radius 1 is 1.19 bits per heavy atom. The Labute approximate surface area is 126 Å². The predicted octanol–water partition coefficient (Wildman–Crippen LogP) is 1.25. The van der Waals surface area contributed by atoms with Gasteiger partial charge in [-0.15, -0.1) is 0 Å². The molecule has 2 heterocycles. The Morgan fingerprint density at radius 2 is 2.00 bits per heavy atom. The van der Waals surface area contributed by atoms with Crippen LogP contribution in [-0.2, 0) is 12.8 Å². The number of amides is 1. The topological polar surface area (TPSA) is 53.2 Å². The van der Waals surface area contributed by atoms with Crippen molar-refractivity contribution in [2.75, 3.05) is 19.6 Å². The van der Waals surface area contributed by atoms with E-state index in [1.165, 1.54) is 11.1 Å². The molecule has 0 unspecified atom stereocenters. The molecule has 0 bridgehead atoms. The zero-order chi connectivity index (χ0) is 14.7. The van der Waals surface area contributed by atoms with E-state index in [1.54, 1.807) is 0 Å². The van der Waals surface area contributed by atoms with E-state index in [9.17, 15) is 4.79 Å². The van der Waals surface area contributed by atoms with E-state index in [2.05, 4.69) is 35.0 Å². The maximum absolute atomic E-state index is 12.4. The molecule has 0 aliphatic carbocycles. The number of carbonyl (C=O) groups is 1. The first-order valence-electron chi connectivity index (χ1n) is 8.09. The van der Waals surface area contributed by atoms with Gasteiger partial charge in [0, 0.05) is 17.6 Å². The van der Waals surface area contributed by atoms with Gasteiger partial charge >= 0.3 is 0 Å². The third kappa shape index (κ3) is 3.63. The van der Waals surface area contributed by atoms with E-state index >= 15 is 0 Å². The van der Waals surface area contributed by atoms with Crippen molar-refractivity contribution in [3.05, 3.63) is 34.9 Å². The second kappa shape index (κ2) is 6.58. The molecule has 0 aromatic heterocycles. The second-order valence-corrected chi connectivity index (χ2v) is 6.28. The minimum absolute atomic E-state index is 0.0779. The number of nitrogens with one attached hydrogen (secondary N) is 3. The second-order valence-electron chi connectivity index (χ2n) is 6.28. The van der Waals surface area contributed by atoms with Gasteiger partial charge in [0.15, 0.2) is 0 Å². The highest BCUT2D eigenvalue weighted by atomic mass is 16.1. The van der Waals surface area contributed by atoms with Crippen LogP contribution in [0.25, 0.3) is 0 Å². The Balaban J connectivity index is 1.68. The quantitative estimate of drug-likeness (QED) is 0.767. The van der Waals surface area contributed by atoms with Crippen LogP contribution in [-0.4, -0.2) is 37.6 Å². The Morgan fingerprint density at radius 3 is 2.81 bits per heavy atom. The molecule has 4 nitrogen and oxygen atoms in total. The van der Waals surface area contributed by atoms with E-state index in [0.29, 0.717) is 12.1 Å². The van der Waals surface area contributed by atoms with Gasteiger partial charge in [0.05, 0.1) is 0 Å². The van der Waals surface area contributed by atoms with Crippen molar-refractivity contribution in [1.29, 1.82) is 0 Å². The molecule has 21 heavy (non-hydrogen) atoms. The van der Waals surface area contributed by atoms with Crippen LogP contribution in [0.5, 0.6) is 0 Å². The molecule has 2 aliphatic heterocycles. The van der Waals surface area contributed by atoms with Gasteiger partial charge in [0.2, 0.25) is 0 Å². The number of hydrogen-bond donors (Lipinski definition) is 3. The summed E-state index contributed by atoms with van der Waals surface area (Å²) in [6, 6.07) is 6.98. The molecular formula is C17H25N3O. The summed E-state index contributed by atoms with van der Waals surface area (Å²) in [6.45, 7) is 5.20. The summed E-state index contributed by atoms with van der Waals surface area (Å²) in [4.78, 5) is 12.4. The van der Waals surface area contributed by atoms with E-state index in [1.807, 2.05) is 6.07 Å². The van der Waals surface area contributed by atoms with Crippen LogP contribution in [0.4, 0.5) is 0 Å². The summed E-state index contributed by atoms with van der Waals surface area (Å²) in [7, 11) is 0. The highest BCUT2D eigenvalue weighted by Crippen LogP contribution is 2.16. The van der Waals surface area contributed by atoms with Crippen LogP contribution in [0, 0.1) is 0 Å². The summed E-state index contributed by atoms with van der Waals surface area (Å²) in [5, 5.41) is 10.0. The summed E-state index contributed by atoms with van der Waals surface area (Å²) in [5.74, 6) is 0.0779. The Bertz CT molecular complexity index is 515. The molecule has 114 valence electrons. The highest BCUT2D eigenvalue weighted by molar-refractivity contribution is 5.94. The maximum atomic E-state index is 12.4. The lowest BCUT2D eigenvalue weighted by Crippen LogP contribution is -2.46. The molecule has 4 heteroatoms.